The molecule has 2 heterocycles. The van der Waals surface area contributed by atoms with Crippen molar-refractivity contribution < 1.29 is 14.6 Å². The van der Waals surface area contributed by atoms with Gasteiger partial charge in [-0.3, -0.25) is 4.99 Å². The number of carboxylic acid groups (broad SMARTS) is 1. The van der Waals surface area contributed by atoms with E-state index in [-0.39, 0.29) is 11.7 Å². The molecule has 0 fully saturated rings. The molecule has 8 heteroatoms. The molecule has 3 aromatic carbocycles. The first kappa shape index (κ1) is 23.5. The van der Waals surface area contributed by atoms with Crippen LogP contribution in [-0.4, -0.2) is 32.9 Å². The number of nitrogens with zero attached hydrogens (tertiary/aromatic N) is 3. The fourth-order valence-electron chi connectivity index (χ4n) is 4.06. The van der Waals surface area contributed by atoms with Crippen LogP contribution in [0.15, 0.2) is 77.9 Å². The van der Waals surface area contributed by atoms with Crippen molar-refractivity contribution in [2.75, 3.05) is 5.32 Å². The lowest BCUT2D eigenvalue weighted by atomic mass is 9.95. The zero-order chi connectivity index (χ0) is 25.2. The minimum absolute atomic E-state index is 0.0117. The van der Waals surface area contributed by atoms with Crippen molar-refractivity contribution in [3.63, 3.8) is 0 Å². The van der Waals surface area contributed by atoms with Crippen LogP contribution in [0.5, 0.6) is 5.75 Å². The number of hydrogen-bond donors (Lipinski definition) is 2. The Hall–Kier alpha value is -4.23. The van der Waals surface area contributed by atoms with Crippen LogP contribution >= 0.6 is 11.6 Å². The number of aromatic carboxylic acids is 1. The average Bonchev–Trinajstić information content (AvgIpc) is 3.01. The van der Waals surface area contributed by atoms with Crippen LogP contribution < -0.4 is 10.1 Å². The van der Waals surface area contributed by atoms with E-state index in [1.165, 1.54) is 12.1 Å². The van der Waals surface area contributed by atoms with Gasteiger partial charge < -0.3 is 15.2 Å². The molecule has 0 saturated carbocycles. The molecule has 4 aromatic rings. The normalized spacial score (nSPS) is 12.3. The largest absolute Gasteiger partial charge is 0.490 e. The molecule has 1 aliphatic heterocycles. The van der Waals surface area contributed by atoms with Crippen LogP contribution in [0.2, 0.25) is 5.02 Å². The molecular formula is C28H23ClN4O3. The van der Waals surface area contributed by atoms with Gasteiger partial charge in [0.25, 0.3) is 0 Å². The summed E-state index contributed by atoms with van der Waals surface area (Å²) in [5, 5.41) is 12.9. The zero-order valence-corrected chi connectivity index (χ0v) is 20.5. The van der Waals surface area contributed by atoms with Crippen molar-refractivity contribution in [1.82, 2.24) is 9.97 Å². The third-order valence-corrected chi connectivity index (χ3v) is 5.89. The van der Waals surface area contributed by atoms with Gasteiger partial charge in [0.1, 0.15) is 5.75 Å². The number of halogens is 1. The van der Waals surface area contributed by atoms with Crippen LogP contribution in [0.4, 0.5) is 11.6 Å². The minimum atomic E-state index is -0.978. The summed E-state index contributed by atoms with van der Waals surface area (Å²) < 4.78 is 6.08. The minimum Gasteiger partial charge on any atom is -0.490 e. The first-order chi connectivity index (χ1) is 17.4. The first-order valence-corrected chi connectivity index (χ1v) is 11.8. The maximum atomic E-state index is 11.1. The van der Waals surface area contributed by atoms with E-state index in [1.54, 1.807) is 18.3 Å². The lowest BCUT2D eigenvalue weighted by Crippen LogP contribution is -2.12. The number of aromatic nitrogens is 2. The summed E-state index contributed by atoms with van der Waals surface area (Å²) in [6, 6.07) is 19.9. The Labute approximate surface area is 213 Å². The Bertz CT molecular complexity index is 1480. The molecule has 0 unspecified atom stereocenters. The number of para-hydroxylation sites is 1. The first-order valence-electron chi connectivity index (χ1n) is 11.5. The standard InChI is InChI=1S/C28H23ClN4O3/c1-16(2)36-24-6-4-3-5-22(24)26-23-13-19(29)9-12-21(23)25-18(14-30-26)15-31-28(33-25)32-20-10-7-17(8-11-20)27(34)35/h3-13,15-16H,14H2,1-2H3,(H,34,35)(H,31,32,33). The number of ether oxygens (including phenoxy) is 1. The number of rotatable bonds is 6. The molecular weight excluding hydrogens is 476 g/mol. The summed E-state index contributed by atoms with van der Waals surface area (Å²) in [5.74, 6) is 0.167. The molecule has 1 aromatic heterocycles. The summed E-state index contributed by atoms with van der Waals surface area (Å²) >= 11 is 6.43. The Morgan fingerprint density at radius 1 is 1.03 bits per heavy atom. The number of aliphatic imine (C=N–C) groups is 1. The van der Waals surface area contributed by atoms with Gasteiger partial charge in [-0.25, -0.2) is 14.8 Å². The molecule has 180 valence electrons. The predicted octanol–water partition coefficient (Wildman–Crippen LogP) is 6.38. The Morgan fingerprint density at radius 3 is 2.56 bits per heavy atom. The van der Waals surface area contributed by atoms with Crippen molar-refractivity contribution in [1.29, 1.82) is 0 Å². The smallest absolute Gasteiger partial charge is 0.335 e. The number of carbonyl (C=O) groups is 1. The summed E-state index contributed by atoms with van der Waals surface area (Å²) in [5.41, 5.74) is 5.92. The molecule has 0 amide bonds. The Balaban J connectivity index is 1.57. The summed E-state index contributed by atoms with van der Waals surface area (Å²) in [6.07, 6.45) is 1.77. The molecule has 1 aliphatic rings. The molecule has 7 nitrogen and oxygen atoms in total. The van der Waals surface area contributed by atoms with Crippen LogP contribution in [0.3, 0.4) is 0 Å². The van der Waals surface area contributed by atoms with Crippen LogP contribution in [-0.2, 0) is 6.54 Å². The molecule has 0 atom stereocenters. The van der Waals surface area contributed by atoms with Gasteiger partial charge >= 0.3 is 5.97 Å². The number of carboxylic acids is 1. The third-order valence-electron chi connectivity index (χ3n) is 5.66. The van der Waals surface area contributed by atoms with Crippen molar-refractivity contribution in [3.05, 3.63) is 100 Å². The van der Waals surface area contributed by atoms with E-state index in [0.717, 1.165) is 39.4 Å². The highest BCUT2D eigenvalue weighted by molar-refractivity contribution is 6.31. The lowest BCUT2D eigenvalue weighted by molar-refractivity contribution is 0.0697. The topological polar surface area (TPSA) is 96.7 Å². The Morgan fingerprint density at radius 2 is 1.81 bits per heavy atom. The summed E-state index contributed by atoms with van der Waals surface area (Å²) in [6.45, 7) is 4.37. The second-order valence-electron chi connectivity index (χ2n) is 8.59. The fraction of sp³-hybridized carbons (Fsp3) is 0.143. The summed E-state index contributed by atoms with van der Waals surface area (Å²) in [4.78, 5) is 25.4. The highest BCUT2D eigenvalue weighted by atomic mass is 35.5. The quantitative estimate of drug-likeness (QED) is 0.320. The molecule has 0 spiro atoms. The third kappa shape index (κ3) is 4.78. The maximum absolute atomic E-state index is 11.1. The van der Waals surface area contributed by atoms with Crippen molar-refractivity contribution in [2.45, 2.75) is 26.5 Å². The fourth-order valence-corrected chi connectivity index (χ4v) is 4.23. The van der Waals surface area contributed by atoms with E-state index >= 15 is 0 Å². The molecule has 5 rings (SSSR count). The highest BCUT2D eigenvalue weighted by Gasteiger charge is 2.23. The van der Waals surface area contributed by atoms with E-state index in [2.05, 4.69) is 10.3 Å². The monoisotopic (exact) mass is 498 g/mol. The average molecular weight is 499 g/mol. The maximum Gasteiger partial charge on any atom is 0.335 e. The van der Waals surface area contributed by atoms with Gasteiger partial charge in [0, 0.05) is 39.2 Å². The van der Waals surface area contributed by atoms with Gasteiger partial charge in [-0.1, -0.05) is 29.8 Å². The molecule has 0 radical (unpaired) electrons. The molecule has 0 bridgehead atoms. The SMILES string of the molecule is CC(C)Oc1ccccc1C1=NCc2cnc(Nc3ccc(C(=O)O)cc3)nc2-c2ccc(Cl)cc21. The van der Waals surface area contributed by atoms with Crippen molar-refractivity contribution in [3.8, 4) is 17.0 Å². The summed E-state index contributed by atoms with van der Waals surface area (Å²) in [7, 11) is 0. The van der Waals surface area contributed by atoms with E-state index in [0.29, 0.717) is 23.2 Å². The molecule has 0 saturated heterocycles. The van der Waals surface area contributed by atoms with Gasteiger partial charge in [-0.15, -0.1) is 0 Å². The number of benzene rings is 3. The van der Waals surface area contributed by atoms with Crippen LogP contribution in [0, 0.1) is 0 Å². The van der Waals surface area contributed by atoms with Crippen molar-refractivity contribution >= 4 is 34.9 Å². The highest BCUT2D eigenvalue weighted by Crippen LogP contribution is 2.35. The van der Waals surface area contributed by atoms with Crippen LogP contribution in [0.25, 0.3) is 11.3 Å². The van der Waals surface area contributed by atoms with Crippen LogP contribution in [0.1, 0.15) is 40.9 Å². The predicted molar refractivity (Wildman–Crippen MR) is 141 cm³/mol. The molecule has 36 heavy (non-hydrogen) atoms. The van der Waals surface area contributed by atoms with E-state index < -0.39 is 5.97 Å². The number of anilines is 2. The van der Waals surface area contributed by atoms with E-state index in [1.807, 2.05) is 56.3 Å². The number of nitrogens with one attached hydrogen (secondary N) is 1. The molecule has 0 aliphatic carbocycles. The second kappa shape index (κ2) is 9.79. The zero-order valence-electron chi connectivity index (χ0n) is 19.7. The van der Waals surface area contributed by atoms with E-state index in [9.17, 15) is 4.79 Å². The van der Waals surface area contributed by atoms with Gasteiger partial charge in [-0.2, -0.15) is 0 Å². The van der Waals surface area contributed by atoms with Gasteiger partial charge in [-0.05, 0) is 62.4 Å². The second-order valence-corrected chi connectivity index (χ2v) is 9.03. The van der Waals surface area contributed by atoms with Crippen molar-refractivity contribution in [2.24, 2.45) is 4.99 Å². The van der Waals surface area contributed by atoms with Gasteiger partial charge in [0.2, 0.25) is 5.95 Å². The van der Waals surface area contributed by atoms with E-state index in [4.69, 9.17) is 31.4 Å². The van der Waals surface area contributed by atoms with Gasteiger partial charge in [0.05, 0.1) is 29.6 Å². The molecule has 2 N–H and O–H groups in total. The lowest BCUT2D eigenvalue weighted by Gasteiger charge is -2.17. The Kier molecular flexibility index (Phi) is 6.40. The number of fused-ring (bicyclic) bond motifs is 3. The van der Waals surface area contributed by atoms with Gasteiger partial charge in [0.15, 0.2) is 0 Å². The number of hydrogen-bond acceptors (Lipinski definition) is 6.